The van der Waals surface area contributed by atoms with Crippen molar-refractivity contribution < 1.29 is 18.0 Å². The molecule has 0 radical (unpaired) electrons. The molecule has 0 saturated carbocycles. The van der Waals surface area contributed by atoms with Crippen LogP contribution < -0.4 is 9.62 Å². The molecular weight excluding hydrogens is 522 g/mol. The molecule has 0 spiro atoms. The third-order valence-corrected chi connectivity index (χ3v) is 7.85. The van der Waals surface area contributed by atoms with E-state index in [4.69, 9.17) is 0 Å². The lowest BCUT2D eigenvalue weighted by Gasteiger charge is -2.32. The predicted octanol–water partition coefficient (Wildman–Crippen LogP) is 5.01. The summed E-state index contributed by atoms with van der Waals surface area (Å²) in [7, 11) is -3.55. The zero-order chi connectivity index (χ0) is 29.3. The van der Waals surface area contributed by atoms with E-state index >= 15 is 0 Å². The number of hydrogen-bond acceptors (Lipinski definition) is 4. The number of carbonyl (C=O) groups is 2. The maximum atomic E-state index is 13.9. The van der Waals surface area contributed by atoms with Gasteiger partial charge >= 0.3 is 0 Å². The smallest absolute Gasteiger partial charge is 0.243 e. The molecule has 0 aliphatic carbocycles. The van der Waals surface area contributed by atoms with E-state index in [0.29, 0.717) is 18.5 Å². The van der Waals surface area contributed by atoms with Gasteiger partial charge in [0.05, 0.1) is 11.9 Å². The minimum absolute atomic E-state index is 0.0841. The van der Waals surface area contributed by atoms with Gasteiger partial charge < -0.3 is 10.2 Å². The van der Waals surface area contributed by atoms with Gasteiger partial charge in [-0.05, 0) is 56.9 Å². The molecule has 8 heteroatoms. The summed E-state index contributed by atoms with van der Waals surface area (Å²) in [4.78, 5) is 29.0. The number of benzene rings is 3. The summed E-state index contributed by atoms with van der Waals surface area (Å²) in [5.41, 5.74) is 4.40. The van der Waals surface area contributed by atoms with Gasteiger partial charge in [0.2, 0.25) is 21.8 Å². The van der Waals surface area contributed by atoms with Crippen LogP contribution in [0.25, 0.3) is 0 Å². The van der Waals surface area contributed by atoms with Crippen molar-refractivity contribution in [1.82, 2.24) is 10.2 Å². The molecule has 7 nitrogen and oxygen atoms in total. The van der Waals surface area contributed by atoms with Crippen LogP contribution in [0, 0.1) is 13.8 Å². The second-order valence-corrected chi connectivity index (χ2v) is 12.5. The Morgan fingerprint density at radius 3 is 2.15 bits per heavy atom. The normalized spacial score (nSPS) is 12.2. The number of nitrogens with one attached hydrogen (secondary N) is 1. The Kier molecular flexibility index (Phi) is 10.9. The molecule has 0 aromatic heterocycles. The second kappa shape index (κ2) is 14.1. The van der Waals surface area contributed by atoms with E-state index in [-0.39, 0.29) is 37.4 Å². The fourth-order valence-corrected chi connectivity index (χ4v) is 5.79. The first kappa shape index (κ1) is 30.9. The summed E-state index contributed by atoms with van der Waals surface area (Å²) in [5.74, 6) is -0.405. The molecule has 0 aliphatic heterocycles. The van der Waals surface area contributed by atoms with Gasteiger partial charge in [-0.25, -0.2) is 8.42 Å². The summed E-state index contributed by atoms with van der Waals surface area (Å²) in [6.45, 7) is 8.09. The number of amides is 2. The first-order valence-electron chi connectivity index (χ1n) is 13.7. The Morgan fingerprint density at radius 2 is 1.52 bits per heavy atom. The molecule has 0 heterocycles. The zero-order valence-electron chi connectivity index (χ0n) is 24.1. The molecule has 40 heavy (non-hydrogen) atoms. The number of sulfonamides is 1. The van der Waals surface area contributed by atoms with Crippen molar-refractivity contribution in [2.24, 2.45) is 0 Å². The molecule has 0 fully saturated rings. The molecule has 214 valence electrons. The lowest BCUT2D eigenvalue weighted by Crippen LogP contribution is -2.51. The van der Waals surface area contributed by atoms with E-state index in [1.165, 1.54) is 10.6 Å². The van der Waals surface area contributed by atoms with E-state index in [2.05, 4.69) is 5.32 Å². The van der Waals surface area contributed by atoms with Crippen molar-refractivity contribution >= 4 is 27.5 Å². The van der Waals surface area contributed by atoms with E-state index < -0.39 is 16.1 Å². The quantitative estimate of drug-likeness (QED) is 0.317. The summed E-state index contributed by atoms with van der Waals surface area (Å²) in [6, 6.07) is 24.1. The first-order chi connectivity index (χ1) is 19.0. The average molecular weight is 564 g/mol. The minimum atomic E-state index is -3.55. The molecule has 0 bridgehead atoms. The number of carbonyl (C=O) groups excluding carboxylic acids is 2. The molecule has 3 rings (SSSR count). The first-order valence-corrected chi connectivity index (χ1v) is 15.5. The van der Waals surface area contributed by atoms with Crippen molar-refractivity contribution in [1.29, 1.82) is 0 Å². The molecule has 2 amide bonds. The van der Waals surface area contributed by atoms with Crippen LogP contribution in [0.3, 0.4) is 0 Å². The molecule has 0 aliphatic rings. The second-order valence-electron chi connectivity index (χ2n) is 10.6. The van der Waals surface area contributed by atoms with Gasteiger partial charge in [-0.1, -0.05) is 78.4 Å². The topological polar surface area (TPSA) is 86.8 Å². The van der Waals surface area contributed by atoms with Crippen molar-refractivity contribution in [2.45, 2.75) is 65.6 Å². The lowest BCUT2D eigenvalue weighted by molar-refractivity contribution is -0.141. The van der Waals surface area contributed by atoms with Crippen LogP contribution in [0.4, 0.5) is 5.69 Å². The highest BCUT2D eigenvalue weighted by atomic mass is 32.2. The molecule has 1 unspecified atom stereocenters. The van der Waals surface area contributed by atoms with Crippen molar-refractivity contribution in [3.8, 4) is 0 Å². The van der Waals surface area contributed by atoms with Crippen LogP contribution in [0.2, 0.25) is 0 Å². The highest BCUT2D eigenvalue weighted by molar-refractivity contribution is 7.92. The van der Waals surface area contributed by atoms with E-state index in [9.17, 15) is 18.0 Å². The Hall–Kier alpha value is -3.65. The van der Waals surface area contributed by atoms with Gasteiger partial charge in [0.15, 0.2) is 0 Å². The van der Waals surface area contributed by atoms with E-state index in [0.717, 1.165) is 22.3 Å². The fourth-order valence-electron chi connectivity index (χ4n) is 4.77. The number of anilines is 1. The van der Waals surface area contributed by atoms with Crippen molar-refractivity contribution in [2.75, 3.05) is 17.1 Å². The van der Waals surface area contributed by atoms with Crippen LogP contribution in [-0.2, 0) is 32.6 Å². The molecular formula is C32H41N3O4S. The summed E-state index contributed by atoms with van der Waals surface area (Å²) < 4.78 is 26.7. The summed E-state index contributed by atoms with van der Waals surface area (Å²) in [6.07, 6.45) is 1.96. The van der Waals surface area contributed by atoms with Crippen LogP contribution in [0.5, 0.6) is 0 Å². The molecule has 3 aromatic carbocycles. The van der Waals surface area contributed by atoms with Gasteiger partial charge in [0.1, 0.15) is 6.04 Å². The Balaban J connectivity index is 1.89. The van der Waals surface area contributed by atoms with Gasteiger partial charge in [-0.15, -0.1) is 0 Å². The lowest BCUT2D eigenvalue weighted by atomic mass is 10.0. The number of nitrogens with zero attached hydrogens (tertiary/aromatic N) is 2. The SMILES string of the molecule is Cc1cccc(CN(C(=O)CCCN(c2ccccc2C)S(C)(=O)=O)C(Cc2ccccc2)C(=O)NC(C)C)c1. The zero-order valence-corrected chi connectivity index (χ0v) is 24.9. The molecule has 3 aromatic rings. The van der Waals surface area contributed by atoms with E-state index in [1.807, 2.05) is 94.4 Å². The maximum absolute atomic E-state index is 13.9. The number of hydrogen-bond donors (Lipinski definition) is 1. The Morgan fingerprint density at radius 1 is 0.875 bits per heavy atom. The standard InChI is InChI=1S/C32H41N3O4S/c1-24(2)33-32(37)30(22-27-15-7-6-8-16-27)34(23-28-17-11-13-25(3)21-28)31(36)19-12-20-35(40(5,38)39)29-18-10-9-14-26(29)4/h6-11,13-18,21,24,30H,12,19-20,22-23H2,1-5H3,(H,33,37). The highest BCUT2D eigenvalue weighted by Crippen LogP contribution is 2.23. The molecule has 1 atom stereocenters. The fraction of sp³-hybridized carbons (Fsp3) is 0.375. The van der Waals surface area contributed by atoms with Crippen LogP contribution in [0.1, 0.15) is 48.9 Å². The summed E-state index contributed by atoms with van der Waals surface area (Å²) in [5, 5.41) is 3.00. The predicted molar refractivity (Wildman–Crippen MR) is 162 cm³/mol. The van der Waals surface area contributed by atoms with Gasteiger partial charge in [-0.3, -0.25) is 13.9 Å². The molecule has 0 saturated heterocycles. The van der Waals surface area contributed by atoms with Crippen molar-refractivity contribution in [3.05, 3.63) is 101 Å². The monoisotopic (exact) mass is 563 g/mol. The number of rotatable bonds is 13. The largest absolute Gasteiger partial charge is 0.352 e. The third-order valence-electron chi connectivity index (χ3n) is 6.67. The van der Waals surface area contributed by atoms with Crippen LogP contribution >= 0.6 is 0 Å². The maximum Gasteiger partial charge on any atom is 0.243 e. The summed E-state index contributed by atoms with van der Waals surface area (Å²) >= 11 is 0. The van der Waals surface area contributed by atoms with Crippen LogP contribution in [0.15, 0.2) is 78.9 Å². The van der Waals surface area contributed by atoms with Gasteiger partial charge in [0.25, 0.3) is 0 Å². The van der Waals surface area contributed by atoms with E-state index in [1.54, 1.807) is 17.0 Å². The van der Waals surface area contributed by atoms with Crippen molar-refractivity contribution in [3.63, 3.8) is 0 Å². The highest BCUT2D eigenvalue weighted by Gasteiger charge is 2.31. The third kappa shape index (κ3) is 8.95. The minimum Gasteiger partial charge on any atom is -0.352 e. The average Bonchev–Trinajstić information content (AvgIpc) is 2.88. The molecule has 1 N–H and O–H groups in total. The Bertz CT molecular complexity index is 1390. The van der Waals surface area contributed by atoms with Crippen LogP contribution in [-0.4, -0.2) is 50.0 Å². The van der Waals surface area contributed by atoms with Gasteiger partial charge in [0, 0.05) is 32.0 Å². The number of para-hydroxylation sites is 1. The Labute approximate surface area is 239 Å². The number of aryl methyl sites for hydroxylation is 2. The van der Waals surface area contributed by atoms with Gasteiger partial charge in [-0.2, -0.15) is 0 Å².